The third kappa shape index (κ3) is 3.01. The van der Waals surface area contributed by atoms with Crippen molar-refractivity contribution in [2.24, 2.45) is 5.92 Å². The number of hydrogen-bond donors (Lipinski definition) is 1. The minimum atomic E-state index is -0.732. The molecule has 0 bridgehead atoms. The topological polar surface area (TPSA) is 84.4 Å². The molecule has 2 fully saturated rings. The Kier molecular flexibility index (Phi) is 3.98. The number of carbonyl (C=O) groups is 2. The van der Waals surface area contributed by atoms with Crippen LogP contribution < -0.4 is 5.32 Å². The zero-order valence-electron chi connectivity index (χ0n) is 14.7. The Morgan fingerprint density at radius 3 is 2.96 bits per heavy atom. The summed E-state index contributed by atoms with van der Waals surface area (Å²) in [6.45, 7) is 6.72. The quantitative estimate of drug-likeness (QED) is 0.798. The average molecular weight is 344 g/mol. The van der Waals surface area contributed by atoms with Crippen molar-refractivity contribution in [3.63, 3.8) is 0 Å². The van der Waals surface area contributed by atoms with E-state index >= 15 is 0 Å². The first-order chi connectivity index (χ1) is 11.9. The molecule has 1 aromatic rings. The molecule has 2 saturated heterocycles. The van der Waals surface area contributed by atoms with E-state index in [0.717, 1.165) is 43.0 Å². The lowest BCUT2D eigenvalue weighted by molar-refractivity contribution is -0.149. The van der Waals surface area contributed by atoms with Gasteiger partial charge in [0.1, 0.15) is 11.4 Å². The molecule has 3 aliphatic heterocycles. The van der Waals surface area contributed by atoms with E-state index in [4.69, 9.17) is 9.72 Å². The van der Waals surface area contributed by atoms with Crippen LogP contribution in [0.1, 0.15) is 49.7 Å². The molecule has 0 aromatic carbocycles. The molecule has 2 atom stereocenters. The van der Waals surface area contributed by atoms with Crippen LogP contribution in [-0.4, -0.2) is 52.0 Å². The summed E-state index contributed by atoms with van der Waals surface area (Å²) < 4.78 is 5.30. The lowest BCUT2D eigenvalue weighted by Gasteiger charge is -2.33. The number of hydrogen-bond acceptors (Lipinski definition) is 6. The third-order valence-corrected chi connectivity index (χ3v) is 5.57. The predicted octanol–water partition coefficient (Wildman–Crippen LogP) is 0.780. The summed E-state index contributed by atoms with van der Waals surface area (Å²) in [6.07, 6.45) is 3.85. The number of carbonyl (C=O) groups excluding carboxylic acids is 2. The van der Waals surface area contributed by atoms with Crippen molar-refractivity contribution < 1.29 is 14.3 Å². The molecule has 1 N–H and O–H groups in total. The molecule has 0 aliphatic carbocycles. The van der Waals surface area contributed by atoms with Crippen LogP contribution in [0.15, 0.2) is 6.20 Å². The second-order valence-electron chi connectivity index (χ2n) is 7.73. The van der Waals surface area contributed by atoms with E-state index in [2.05, 4.69) is 10.3 Å². The van der Waals surface area contributed by atoms with Gasteiger partial charge < -0.3 is 15.0 Å². The summed E-state index contributed by atoms with van der Waals surface area (Å²) in [6, 6.07) is 0. The van der Waals surface area contributed by atoms with Crippen molar-refractivity contribution in [3.8, 4) is 0 Å². The molecular weight excluding hydrogens is 320 g/mol. The van der Waals surface area contributed by atoms with Crippen LogP contribution in [0.2, 0.25) is 0 Å². The predicted molar refractivity (Wildman–Crippen MR) is 89.7 cm³/mol. The van der Waals surface area contributed by atoms with Crippen LogP contribution in [0.25, 0.3) is 0 Å². The van der Waals surface area contributed by atoms with Crippen LogP contribution in [-0.2, 0) is 27.3 Å². The van der Waals surface area contributed by atoms with E-state index in [1.54, 1.807) is 0 Å². The molecule has 1 aromatic heterocycles. The first-order valence-corrected chi connectivity index (χ1v) is 9.00. The van der Waals surface area contributed by atoms with Crippen molar-refractivity contribution in [1.29, 1.82) is 0 Å². The Hall–Kier alpha value is -2.02. The number of aromatic nitrogens is 2. The minimum absolute atomic E-state index is 0.00873. The maximum Gasteiger partial charge on any atom is 0.307 e. The van der Waals surface area contributed by atoms with Crippen molar-refractivity contribution in [2.75, 3.05) is 19.6 Å². The van der Waals surface area contributed by atoms with E-state index in [0.29, 0.717) is 19.0 Å². The number of rotatable bonds is 2. The smallest absolute Gasteiger partial charge is 0.307 e. The number of esters is 1. The van der Waals surface area contributed by atoms with E-state index in [1.165, 1.54) is 0 Å². The summed E-state index contributed by atoms with van der Waals surface area (Å²) in [5.74, 6) is 0.600. The lowest BCUT2D eigenvalue weighted by atomic mass is 9.89. The molecule has 0 spiro atoms. The van der Waals surface area contributed by atoms with Crippen molar-refractivity contribution in [2.45, 2.75) is 51.2 Å². The second-order valence-corrected chi connectivity index (χ2v) is 7.73. The summed E-state index contributed by atoms with van der Waals surface area (Å²) >= 11 is 0. The normalized spacial score (nSPS) is 27.9. The highest BCUT2D eigenvalue weighted by atomic mass is 16.6. The Morgan fingerprint density at radius 1 is 1.44 bits per heavy atom. The number of nitrogens with zero attached hydrogens (tertiary/aromatic N) is 3. The first-order valence-electron chi connectivity index (χ1n) is 9.00. The van der Waals surface area contributed by atoms with Crippen molar-refractivity contribution in [3.05, 3.63) is 23.3 Å². The van der Waals surface area contributed by atoms with Gasteiger partial charge in [0.05, 0.1) is 18.0 Å². The summed E-state index contributed by atoms with van der Waals surface area (Å²) in [7, 11) is 0. The van der Waals surface area contributed by atoms with Gasteiger partial charge in [-0.1, -0.05) is 0 Å². The summed E-state index contributed by atoms with van der Waals surface area (Å²) in [5, 5.41) is 3.34. The van der Waals surface area contributed by atoms with E-state index in [1.807, 2.05) is 24.9 Å². The Morgan fingerprint density at radius 2 is 2.28 bits per heavy atom. The Labute approximate surface area is 147 Å². The van der Waals surface area contributed by atoms with Gasteiger partial charge in [0.25, 0.3) is 0 Å². The van der Waals surface area contributed by atoms with Gasteiger partial charge in [-0.2, -0.15) is 0 Å². The SMILES string of the molecule is CC1(C)OC(=O)CC1C(=O)N1CCc2nc(C3CCNC3)ncc2C1. The molecule has 7 nitrogen and oxygen atoms in total. The molecule has 0 saturated carbocycles. The Bertz CT molecular complexity index is 712. The molecule has 7 heteroatoms. The molecule has 25 heavy (non-hydrogen) atoms. The van der Waals surface area contributed by atoms with E-state index in [-0.39, 0.29) is 18.3 Å². The molecule has 1 amide bonds. The molecule has 0 radical (unpaired) electrons. The molecule has 3 aliphatic rings. The van der Waals surface area contributed by atoms with Crippen LogP contribution in [0.4, 0.5) is 0 Å². The van der Waals surface area contributed by atoms with Crippen LogP contribution in [0, 0.1) is 5.92 Å². The van der Waals surface area contributed by atoms with Gasteiger partial charge in [0.2, 0.25) is 5.91 Å². The average Bonchev–Trinajstić information content (AvgIpc) is 3.20. The number of nitrogens with one attached hydrogen (secondary N) is 1. The first kappa shape index (κ1) is 16.4. The van der Waals surface area contributed by atoms with Crippen molar-refractivity contribution >= 4 is 11.9 Å². The number of cyclic esters (lactones) is 1. The fourth-order valence-corrected chi connectivity index (χ4v) is 4.02. The second kappa shape index (κ2) is 6.05. The van der Waals surface area contributed by atoms with Gasteiger partial charge in [0.15, 0.2) is 0 Å². The van der Waals surface area contributed by atoms with Crippen LogP contribution in [0.5, 0.6) is 0 Å². The monoisotopic (exact) mass is 344 g/mol. The Balaban J connectivity index is 1.49. The highest BCUT2D eigenvalue weighted by molar-refractivity contribution is 5.87. The zero-order valence-corrected chi connectivity index (χ0v) is 14.7. The number of amides is 1. The van der Waals surface area contributed by atoms with E-state index in [9.17, 15) is 9.59 Å². The largest absolute Gasteiger partial charge is 0.459 e. The number of ether oxygens (including phenoxy) is 1. The van der Waals surface area contributed by atoms with Gasteiger partial charge in [-0.25, -0.2) is 9.97 Å². The fourth-order valence-electron chi connectivity index (χ4n) is 4.02. The highest BCUT2D eigenvalue weighted by Gasteiger charge is 2.47. The van der Waals surface area contributed by atoms with Gasteiger partial charge in [-0.05, 0) is 26.8 Å². The number of fused-ring (bicyclic) bond motifs is 1. The zero-order chi connectivity index (χ0) is 17.6. The maximum absolute atomic E-state index is 12.9. The van der Waals surface area contributed by atoms with Crippen LogP contribution >= 0.6 is 0 Å². The van der Waals surface area contributed by atoms with Gasteiger partial charge in [-0.15, -0.1) is 0 Å². The molecular formula is C18H24N4O3. The van der Waals surface area contributed by atoms with E-state index < -0.39 is 11.5 Å². The maximum atomic E-state index is 12.9. The third-order valence-electron chi connectivity index (χ3n) is 5.57. The molecule has 2 unspecified atom stereocenters. The standard InChI is InChI=1S/C18H24N4O3/c1-18(2)13(7-15(23)25-18)17(24)22-6-4-14-12(10-22)9-20-16(21-14)11-3-5-19-8-11/h9,11,13,19H,3-8,10H2,1-2H3. The highest BCUT2D eigenvalue weighted by Crippen LogP contribution is 2.35. The van der Waals surface area contributed by atoms with Crippen molar-refractivity contribution in [1.82, 2.24) is 20.2 Å². The lowest BCUT2D eigenvalue weighted by Crippen LogP contribution is -2.45. The molecule has 4 heterocycles. The summed E-state index contributed by atoms with van der Waals surface area (Å²) in [5.41, 5.74) is 1.33. The van der Waals surface area contributed by atoms with Gasteiger partial charge >= 0.3 is 5.97 Å². The van der Waals surface area contributed by atoms with Gasteiger partial charge in [-0.3, -0.25) is 9.59 Å². The summed E-state index contributed by atoms with van der Waals surface area (Å²) in [4.78, 5) is 35.6. The van der Waals surface area contributed by atoms with Gasteiger partial charge in [0, 0.05) is 43.7 Å². The minimum Gasteiger partial charge on any atom is -0.459 e. The molecule has 134 valence electrons. The fraction of sp³-hybridized carbons (Fsp3) is 0.667. The van der Waals surface area contributed by atoms with Crippen LogP contribution in [0.3, 0.4) is 0 Å². The molecule has 4 rings (SSSR count).